The van der Waals surface area contributed by atoms with E-state index < -0.39 is 0 Å². The summed E-state index contributed by atoms with van der Waals surface area (Å²) in [5.74, 6) is 0.0217. The van der Waals surface area contributed by atoms with Crippen molar-refractivity contribution in [2.75, 3.05) is 19.6 Å². The fourth-order valence-electron chi connectivity index (χ4n) is 7.12. The first-order valence-electron chi connectivity index (χ1n) is 12.4. The highest BCUT2D eigenvalue weighted by molar-refractivity contribution is 5.92. The molecule has 2 atom stereocenters. The lowest BCUT2D eigenvalue weighted by Crippen LogP contribution is -2.57. The third kappa shape index (κ3) is 3.48. The molecule has 2 aromatic rings. The van der Waals surface area contributed by atoms with Crippen molar-refractivity contribution in [2.24, 2.45) is 0 Å². The van der Waals surface area contributed by atoms with Gasteiger partial charge in [0.1, 0.15) is 5.69 Å². The van der Waals surface area contributed by atoms with Crippen LogP contribution in [0.4, 0.5) is 0 Å². The summed E-state index contributed by atoms with van der Waals surface area (Å²) < 4.78 is 0. The van der Waals surface area contributed by atoms with Crippen LogP contribution in [0.2, 0.25) is 0 Å². The van der Waals surface area contributed by atoms with Gasteiger partial charge in [-0.15, -0.1) is 0 Å². The van der Waals surface area contributed by atoms with E-state index in [0.29, 0.717) is 30.4 Å². The lowest BCUT2D eigenvalue weighted by Gasteiger charge is -2.51. The van der Waals surface area contributed by atoms with Gasteiger partial charge in [0.15, 0.2) is 0 Å². The monoisotopic (exact) mass is 447 g/mol. The van der Waals surface area contributed by atoms with Crippen molar-refractivity contribution < 1.29 is 9.59 Å². The maximum absolute atomic E-state index is 13.3. The van der Waals surface area contributed by atoms with Crippen LogP contribution in [-0.4, -0.2) is 75.0 Å². The standard InChI is InChI=1S/C26H33N5O2/c1-18-12-24(28-27-18)25(33)30-15-19-4-2-3-5-23(19)26(16-30)8-10-29(11-9-26)22-13-20-6-7-21(14-22)31(20)17-32/h2-5,12,17,20-22H,6-11,13-16H2,1H3,(H,27,28). The van der Waals surface area contributed by atoms with Gasteiger partial charge in [-0.25, -0.2) is 0 Å². The molecule has 7 nitrogen and oxygen atoms in total. The molecule has 1 spiro atoms. The summed E-state index contributed by atoms with van der Waals surface area (Å²) in [5, 5.41) is 7.14. The minimum absolute atomic E-state index is 0.00877. The minimum Gasteiger partial charge on any atom is -0.339 e. The predicted octanol–water partition coefficient (Wildman–Crippen LogP) is 2.86. The van der Waals surface area contributed by atoms with Gasteiger partial charge in [-0.2, -0.15) is 5.10 Å². The smallest absolute Gasteiger partial charge is 0.274 e. The van der Waals surface area contributed by atoms with Gasteiger partial charge in [-0.1, -0.05) is 24.3 Å². The second kappa shape index (κ2) is 7.97. The number of hydrogen-bond donors (Lipinski definition) is 1. The summed E-state index contributed by atoms with van der Waals surface area (Å²) in [7, 11) is 0. The first kappa shape index (κ1) is 20.9. The number of benzene rings is 1. The molecule has 1 N–H and O–H groups in total. The number of hydrogen-bond acceptors (Lipinski definition) is 4. The van der Waals surface area contributed by atoms with Gasteiger partial charge in [0.2, 0.25) is 6.41 Å². The fourth-order valence-corrected chi connectivity index (χ4v) is 7.12. The zero-order valence-electron chi connectivity index (χ0n) is 19.4. The third-order valence-corrected chi connectivity index (χ3v) is 8.81. The summed E-state index contributed by atoms with van der Waals surface area (Å²) in [5.41, 5.74) is 4.14. The number of carbonyl (C=O) groups is 2. The molecule has 0 aliphatic carbocycles. The van der Waals surface area contributed by atoms with Crippen molar-refractivity contribution in [3.8, 4) is 0 Å². The average molecular weight is 448 g/mol. The van der Waals surface area contributed by atoms with E-state index in [9.17, 15) is 9.59 Å². The van der Waals surface area contributed by atoms with E-state index in [1.54, 1.807) is 0 Å². The average Bonchev–Trinajstić information content (AvgIpc) is 3.38. The van der Waals surface area contributed by atoms with Gasteiger partial charge >= 0.3 is 0 Å². The molecular weight excluding hydrogens is 414 g/mol. The number of aromatic amines is 1. The molecule has 3 fully saturated rings. The maximum atomic E-state index is 13.3. The largest absolute Gasteiger partial charge is 0.339 e. The van der Waals surface area contributed by atoms with Crippen LogP contribution in [0.25, 0.3) is 0 Å². The highest BCUT2D eigenvalue weighted by Gasteiger charge is 2.47. The number of nitrogens with zero attached hydrogens (tertiary/aromatic N) is 4. The molecular formula is C26H33N5O2. The van der Waals surface area contributed by atoms with E-state index in [0.717, 1.165) is 70.3 Å². The molecule has 1 aromatic carbocycles. The lowest BCUT2D eigenvalue weighted by molar-refractivity contribution is -0.123. The molecule has 5 heterocycles. The summed E-state index contributed by atoms with van der Waals surface area (Å²) in [6.45, 7) is 5.46. The number of H-pyrrole nitrogens is 1. The van der Waals surface area contributed by atoms with Gasteiger partial charge in [0.05, 0.1) is 0 Å². The normalized spacial score (nSPS) is 28.7. The van der Waals surface area contributed by atoms with E-state index in [1.807, 2.05) is 17.9 Å². The van der Waals surface area contributed by atoms with Crippen molar-refractivity contribution in [3.63, 3.8) is 0 Å². The van der Waals surface area contributed by atoms with E-state index in [1.165, 1.54) is 11.1 Å². The second-order valence-corrected chi connectivity index (χ2v) is 10.6. The number of nitrogens with one attached hydrogen (secondary N) is 1. The molecule has 2 amide bonds. The van der Waals surface area contributed by atoms with Crippen molar-refractivity contribution in [2.45, 2.75) is 75.5 Å². The molecule has 174 valence electrons. The molecule has 7 heteroatoms. The van der Waals surface area contributed by atoms with E-state index >= 15 is 0 Å². The molecule has 4 aliphatic rings. The Balaban J connectivity index is 1.21. The van der Waals surface area contributed by atoms with Gasteiger partial charge in [-0.3, -0.25) is 14.7 Å². The number of carbonyl (C=O) groups excluding carboxylic acids is 2. The van der Waals surface area contributed by atoms with Crippen LogP contribution < -0.4 is 0 Å². The number of aryl methyl sites for hydroxylation is 1. The predicted molar refractivity (Wildman–Crippen MR) is 125 cm³/mol. The summed E-state index contributed by atoms with van der Waals surface area (Å²) >= 11 is 0. The molecule has 4 aliphatic heterocycles. The minimum atomic E-state index is 0.00877. The highest BCUT2D eigenvalue weighted by atomic mass is 16.2. The topological polar surface area (TPSA) is 72.5 Å². The summed E-state index contributed by atoms with van der Waals surface area (Å²) in [6, 6.07) is 12.0. The van der Waals surface area contributed by atoms with Crippen molar-refractivity contribution in [1.82, 2.24) is 24.9 Å². The summed E-state index contributed by atoms with van der Waals surface area (Å²) in [6.07, 6.45) is 7.76. The Labute approximate surface area is 195 Å². The van der Waals surface area contributed by atoms with Crippen molar-refractivity contribution in [3.05, 3.63) is 52.8 Å². The van der Waals surface area contributed by atoms with E-state index in [4.69, 9.17) is 0 Å². The number of aromatic nitrogens is 2. The molecule has 6 rings (SSSR count). The Kier molecular flexibility index (Phi) is 5.05. The fraction of sp³-hybridized carbons (Fsp3) is 0.577. The maximum Gasteiger partial charge on any atom is 0.274 e. The molecule has 2 unspecified atom stereocenters. The highest BCUT2D eigenvalue weighted by Crippen LogP contribution is 2.44. The molecule has 2 bridgehead atoms. The quantitative estimate of drug-likeness (QED) is 0.735. The van der Waals surface area contributed by atoms with Crippen molar-refractivity contribution in [1.29, 1.82) is 0 Å². The van der Waals surface area contributed by atoms with Crippen LogP contribution in [0.1, 0.15) is 65.8 Å². The van der Waals surface area contributed by atoms with Crippen LogP contribution in [0.3, 0.4) is 0 Å². The first-order valence-corrected chi connectivity index (χ1v) is 12.4. The van der Waals surface area contributed by atoms with Gasteiger partial charge < -0.3 is 14.7 Å². The van der Waals surface area contributed by atoms with Crippen LogP contribution >= 0.6 is 0 Å². The van der Waals surface area contributed by atoms with Gasteiger partial charge in [0, 0.05) is 42.3 Å². The van der Waals surface area contributed by atoms with Gasteiger partial charge in [-0.05, 0) is 75.7 Å². The molecule has 0 radical (unpaired) electrons. The molecule has 1 aromatic heterocycles. The number of rotatable bonds is 3. The van der Waals surface area contributed by atoms with Crippen LogP contribution in [0, 0.1) is 6.92 Å². The molecule has 33 heavy (non-hydrogen) atoms. The summed E-state index contributed by atoms with van der Waals surface area (Å²) in [4.78, 5) is 31.6. The van der Waals surface area contributed by atoms with Crippen molar-refractivity contribution >= 4 is 12.3 Å². The van der Waals surface area contributed by atoms with E-state index in [2.05, 4.69) is 44.3 Å². The van der Waals surface area contributed by atoms with Crippen LogP contribution in [0.5, 0.6) is 0 Å². The number of likely N-dealkylation sites (tertiary alicyclic amines) is 1. The van der Waals surface area contributed by atoms with Gasteiger partial charge in [0.25, 0.3) is 5.91 Å². The number of amides is 2. The Morgan fingerprint density at radius 2 is 1.85 bits per heavy atom. The number of piperidine rings is 2. The third-order valence-electron chi connectivity index (χ3n) is 8.81. The molecule has 3 saturated heterocycles. The Bertz CT molecular complexity index is 1040. The SMILES string of the molecule is Cc1cc(C(=O)N2Cc3ccccc3C3(CCN(C4CC5CCC(C4)N5C=O)CC3)C2)n[nH]1. The Hall–Kier alpha value is -2.67. The lowest BCUT2D eigenvalue weighted by atomic mass is 9.68. The number of fused-ring (bicyclic) bond motifs is 4. The Morgan fingerprint density at radius 3 is 2.52 bits per heavy atom. The zero-order chi connectivity index (χ0) is 22.6. The van der Waals surface area contributed by atoms with Crippen LogP contribution in [0.15, 0.2) is 30.3 Å². The molecule has 0 saturated carbocycles. The Morgan fingerprint density at radius 1 is 1.12 bits per heavy atom. The van der Waals surface area contributed by atoms with Crippen LogP contribution in [-0.2, 0) is 16.8 Å². The van der Waals surface area contributed by atoms with E-state index in [-0.39, 0.29) is 11.3 Å². The first-order chi connectivity index (χ1) is 16.1. The zero-order valence-corrected chi connectivity index (χ0v) is 19.4. The second-order valence-electron chi connectivity index (χ2n) is 10.6.